The summed E-state index contributed by atoms with van der Waals surface area (Å²) >= 11 is 0. The van der Waals surface area contributed by atoms with E-state index in [9.17, 15) is 0 Å². The molecule has 136 valence electrons. The number of rotatable bonds is 8. The third kappa shape index (κ3) is 6.49. The van der Waals surface area contributed by atoms with Gasteiger partial charge in [0.25, 0.3) is 0 Å². The lowest BCUT2D eigenvalue weighted by molar-refractivity contribution is -0.0318. The van der Waals surface area contributed by atoms with Crippen molar-refractivity contribution in [1.82, 2.24) is 20.0 Å². The van der Waals surface area contributed by atoms with Crippen LogP contribution >= 0.6 is 0 Å². The smallest absolute Gasteiger partial charge is 0.193 e. The average molecular weight is 337 g/mol. The molecule has 24 heavy (non-hydrogen) atoms. The predicted octanol–water partition coefficient (Wildman–Crippen LogP) is 1.40. The number of nitrogens with one attached hydrogen (secondary N) is 1. The van der Waals surface area contributed by atoms with Crippen LogP contribution in [0, 0.1) is 0 Å². The van der Waals surface area contributed by atoms with Crippen LogP contribution < -0.4 is 5.32 Å². The number of aryl methyl sites for hydroxylation is 1. The summed E-state index contributed by atoms with van der Waals surface area (Å²) in [6.45, 7) is 6.91. The lowest BCUT2D eigenvalue weighted by Gasteiger charge is -2.23. The molecule has 1 aromatic heterocycles. The lowest BCUT2D eigenvalue weighted by Crippen LogP contribution is -2.38. The molecule has 0 radical (unpaired) electrons. The molecule has 1 N–H and O–H groups in total. The van der Waals surface area contributed by atoms with Gasteiger partial charge in [0.05, 0.1) is 12.3 Å². The van der Waals surface area contributed by atoms with Gasteiger partial charge in [-0.2, -0.15) is 5.10 Å². The summed E-state index contributed by atoms with van der Waals surface area (Å²) in [5.41, 5.74) is 1.17. The maximum Gasteiger partial charge on any atom is 0.193 e. The van der Waals surface area contributed by atoms with E-state index in [0.29, 0.717) is 6.10 Å². The normalized spacial score (nSPS) is 16.4. The number of aromatic nitrogens is 2. The van der Waals surface area contributed by atoms with Crippen LogP contribution in [0.15, 0.2) is 17.4 Å². The molecule has 1 aliphatic heterocycles. The van der Waals surface area contributed by atoms with Crippen LogP contribution in [0.2, 0.25) is 0 Å². The molecule has 1 aromatic rings. The molecular weight excluding hydrogens is 306 g/mol. The van der Waals surface area contributed by atoms with Gasteiger partial charge in [-0.25, -0.2) is 0 Å². The largest absolute Gasteiger partial charge is 0.381 e. The van der Waals surface area contributed by atoms with Gasteiger partial charge in [0, 0.05) is 65.3 Å². The first-order valence-electron chi connectivity index (χ1n) is 8.85. The highest BCUT2D eigenvalue weighted by Gasteiger charge is 2.13. The maximum absolute atomic E-state index is 5.89. The maximum atomic E-state index is 5.89. The highest BCUT2D eigenvalue weighted by atomic mass is 16.5. The molecule has 0 amide bonds. The Morgan fingerprint density at radius 2 is 2.29 bits per heavy atom. The fourth-order valence-electron chi connectivity index (χ4n) is 2.71. The van der Waals surface area contributed by atoms with Crippen molar-refractivity contribution in [1.29, 1.82) is 0 Å². The second-order valence-electron chi connectivity index (χ2n) is 6.15. The lowest BCUT2D eigenvalue weighted by atomic mass is 10.1. The minimum atomic E-state index is 0.365. The Kier molecular flexibility index (Phi) is 8.04. The third-order valence-electron chi connectivity index (χ3n) is 3.96. The van der Waals surface area contributed by atoms with Crippen molar-refractivity contribution in [2.75, 3.05) is 40.0 Å². The monoisotopic (exact) mass is 337 g/mol. The Hall–Kier alpha value is -1.60. The molecule has 0 atom stereocenters. The van der Waals surface area contributed by atoms with Crippen molar-refractivity contribution in [2.24, 2.45) is 12.0 Å². The summed E-state index contributed by atoms with van der Waals surface area (Å²) in [5.74, 6) is 0.924. The summed E-state index contributed by atoms with van der Waals surface area (Å²) in [6.07, 6.45) is 7.25. The first-order chi connectivity index (χ1) is 11.7. The molecule has 2 heterocycles. The Bertz CT molecular complexity index is 497. The number of hydrogen-bond donors (Lipinski definition) is 1. The first-order valence-corrected chi connectivity index (χ1v) is 8.85. The van der Waals surface area contributed by atoms with Crippen LogP contribution in [0.1, 0.15) is 31.7 Å². The van der Waals surface area contributed by atoms with Crippen LogP contribution in [0.25, 0.3) is 0 Å². The van der Waals surface area contributed by atoms with Gasteiger partial charge >= 0.3 is 0 Å². The Morgan fingerprint density at radius 3 is 2.96 bits per heavy atom. The third-order valence-corrected chi connectivity index (χ3v) is 3.96. The second kappa shape index (κ2) is 10.3. The molecule has 2 rings (SSSR count). The number of hydrogen-bond acceptors (Lipinski definition) is 4. The zero-order chi connectivity index (χ0) is 17.2. The van der Waals surface area contributed by atoms with E-state index in [4.69, 9.17) is 14.5 Å². The van der Waals surface area contributed by atoms with Crippen molar-refractivity contribution in [3.05, 3.63) is 18.0 Å². The van der Waals surface area contributed by atoms with E-state index in [-0.39, 0.29) is 0 Å². The molecule has 7 nitrogen and oxygen atoms in total. The van der Waals surface area contributed by atoms with E-state index in [0.717, 1.165) is 64.7 Å². The topological polar surface area (TPSA) is 63.9 Å². The molecule has 0 unspecified atom stereocenters. The summed E-state index contributed by atoms with van der Waals surface area (Å²) in [5, 5.41) is 7.55. The molecule has 1 fully saturated rings. The van der Waals surface area contributed by atoms with Crippen molar-refractivity contribution >= 4 is 5.96 Å². The van der Waals surface area contributed by atoms with Crippen LogP contribution in [0.5, 0.6) is 0 Å². The zero-order valence-corrected chi connectivity index (χ0v) is 15.2. The number of aliphatic imine (C=N–C) groups is 1. The molecule has 0 aliphatic carbocycles. The van der Waals surface area contributed by atoms with E-state index >= 15 is 0 Å². The Labute approximate surface area is 145 Å². The predicted molar refractivity (Wildman–Crippen MR) is 95.1 cm³/mol. The molecule has 0 saturated carbocycles. The van der Waals surface area contributed by atoms with Crippen LogP contribution in [-0.2, 0) is 23.1 Å². The fraction of sp³-hybridized carbons (Fsp3) is 0.765. The van der Waals surface area contributed by atoms with E-state index in [1.165, 1.54) is 5.56 Å². The summed E-state index contributed by atoms with van der Waals surface area (Å²) < 4.78 is 13.1. The van der Waals surface area contributed by atoms with Gasteiger partial charge in [0.2, 0.25) is 0 Å². The van der Waals surface area contributed by atoms with Gasteiger partial charge in [0.15, 0.2) is 5.96 Å². The van der Waals surface area contributed by atoms with Gasteiger partial charge in [-0.1, -0.05) is 0 Å². The SMILES string of the molecule is CCNC(=NCCCOC1CCOCC1)N(C)Cc1cnn(C)c1. The van der Waals surface area contributed by atoms with Gasteiger partial charge < -0.3 is 19.7 Å². The molecule has 0 bridgehead atoms. The number of ether oxygens (including phenoxy) is 2. The van der Waals surface area contributed by atoms with Crippen molar-refractivity contribution < 1.29 is 9.47 Å². The summed E-state index contributed by atoms with van der Waals surface area (Å²) in [6, 6.07) is 0. The van der Waals surface area contributed by atoms with Crippen molar-refractivity contribution in [3.63, 3.8) is 0 Å². The summed E-state index contributed by atoms with van der Waals surface area (Å²) in [4.78, 5) is 6.82. The van der Waals surface area contributed by atoms with Gasteiger partial charge in [-0.15, -0.1) is 0 Å². The molecular formula is C17H31N5O2. The molecule has 0 spiro atoms. The molecule has 1 saturated heterocycles. The fourth-order valence-corrected chi connectivity index (χ4v) is 2.71. The minimum absolute atomic E-state index is 0.365. The molecule has 0 aromatic carbocycles. The van der Waals surface area contributed by atoms with Gasteiger partial charge in [-0.05, 0) is 26.2 Å². The van der Waals surface area contributed by atoms with Gasteiger partial charge in [-0.3, -0.25) is 9.67 Å². The van der Waals surface area contributed by atoms with Crippen molar-refractivity contribution in [3.8, 4) is 0 Å². The molecule has 1 aliphatic rings. The standard InChI is InChI=1S/C17H31N5O2/c1-4-18-17(21(2)13-15-12-20-22(3)14-15)19-8-5-9-24-16-6-10-23-11-7-16/h12,14,16H,4-11,13H2,1-3H3,(H,18,19). The van der Waals surface area contributed by atoms with E-state index < -0.39 is 0 Å². The highest BCUT2D eigenvalue weighted by Crippen LogP contribution is 2.10. The van der Waals surface area contributed by atoms with Gasteiger partial charge in [0.1, 0.15) is 0 Å². The average Bonchev–Trinajstić information content (AvgIpc) is 2.99. The Morgan fingerprint density at radius 1 is 1.50 bits per heavy atom. The Balaban J connectivity index is 1.72. The number of guanidine groups is 1. The highest BCUT2D eigenvalue weighted by molar-refractivity contribution is 5.79. The zero-order valence-electron chi connectivity index (χ0n) is 15.2. The van der Waals surface area contributed by atoms with Crippen LogP contribution in [-0.4, -0.2) is 66.7 Å². The van der Waals surface area contributed by atoms with Crippen LogP contribution in [0.3, 0.4) is 0 Å². The van der Waals surface area contributed by atoms with E-state index in [1.807, 2.05) is 31.2 Å². The van der Waals surface area contributed by atoms with Crippen molar-refractivity contribution in [2.45, 2.75) is 38.8 Å². The van der Waals surface area contributed by atoms with E-state index in [1.54, 1.807) is 0 Å². The second-order valence-corrected chi connectivity index (χ2v) is 6.15. The quantitative estimate of drug-likeness (QED) is 0.441. The first kappa shape index (κ1) is 18.7. The molecule has 7 heteroatoms. The summed E-state index contributed by atoms with van der Waals surface area (Å²) in [7, 11) is 3.98. The minimum Gasteiger partial charge on any atom is -0.381 e. The van der Waals surface area contributed by atoms with Crippen LogP contribution in [0.4, 0.5) is 0 Å². The van der Waals surface area contributed by atoms with E-state index in [2.05, 4.69) is 22.2 Å². The number of nitrogens with zero attached hydrogens (tertiary/aromatic N) is 4.